The Morgan fingerprint density at radius 2 is 1.89 bits per heavy atom. The van der Waals surface area contributed by atoms with E-state index in [0.717, 1.165) is 11.0 Å². The summed E-state index contributed by atoms with van der Waals surface area (Å²) in [6.45, 7) is 14.8. The predicted octanol–water partition coefficient (Wildman–Crippen LogP) is 4.68. The Morgan fingerprint density at radius 1 is 1.22 bits per heavy atom. The number of aliphatic imine (C=N–C) groups is 1. The summed E-state index contributed by atoms with van der Waals surface area (Å²) in [5.74, 6) is 1.08. The topological polar surface area (TPSA) is 57.1 Å². The van der Waals surface area contributed by atoms with Crippen LogP contribution in [0.3, 0.4) is 0 Å². The van der Waals surface area contributed by atoms with Crippen molar-refractivity contribution in [3.8, 4) is 11.5 Å². The second-order valence-corrected chi connectivity index (χ2v) is 12.9. The minimum absolute atomic E-state index is 0.147. The average molecular weight is 393 g/mol. The van der Waals surface area contributed by atoms with Gasteiger partial charge in [-0.05, 0) is 18.1 Å². The lowest BCUT2D eigenvalue weighted by atomic mass is 9.88. The molecule has 0 aliphatic carbocycles. The van der Waals surface area contributed by atoms with Gasteiger partial charge in [0.1, 0.15) is 11.5 Å². The standard InChI is InChI=1S/C21H32NO4P/c1-13(2)18-22-16(12-25-18)21(6,7)19-26-15-11-9-10-14(24-8)17(15)27(19,23)20(3,4)5/h9-11,13,18-19H,12H2,1-8H3/t18?,19?,27-/m1/s1. The summed E-state index contributed by atoms with van der Waals surface area (Å²) in [5, 5.41) is 0.241. The molecule has 0 spiro atoms. The van der Waals surface area contributed by atoms with Gasteiger partial charge in [-0.15, -0.1) is 0 Å². The molecule has 6 heteroatoms. The zero-order valence-corrected chi connectivity index (χ0v) is 18.6. The van der Waals surface area contributed by atoms with Gasteiger partial charge < -0.3 is 18.8 Å². The van der Waals surface area contributed by atoms with E-state index in [4.69, 9.17) is 19.2 Å². The van der Waals surface area contributed by atoms with Gasteiger partial charge in [-0.3, -0.25) is 4.99 Å². The van der Waals surface area contributed by atoms with Crippen molar-refractivity contribution in [3.05, 3.63) is 18.2 Å². The fourth-order valence-electron chi connectivity index (χ4n) is 3.92. The number of nitrogens with zero attached hydrogens (tertiary/aromatic N) is 1. The van der Waals surface area contributed by atoms with E-state index >= 15 is 0 Å². The van der Waals surface area contributed by atoms with E-state index in [9.17, 15) is 4.57 Å². The molecular formula is C21H32NO4P. The molecule has 0 N–H and O–H groups in total. The Morgan fingerprint density at radius 3 is 2.41 bits per heavy atom. The first-order valence-electron chi connectivity index (χ1n) is 9.57. The molecule has 0 radical (unpaired) electrons. The van der Waals surface area contributed by atoms with Gasteiger partial charge in [-0.25, -0.2) is 0 Å². The van der Waals surface area contributed by atoms with Crippen molar-refractivity contribution >= 4 is 18.2 Å². The van der Waals surface area contributed by atoms with Crippen molar-refractivity contribution in [1.82, 2.24) is 0 Å². The maximum Gasteiger partial charge on any atom is 0.167 e. The summed E-state index contributed by atoms with van der Waals surface area (Å²) in [6.07, 6.45) is -0.147. The molecule has 2 aliphatic heterocycles. The number of hydrogen-bond acceptors (Lipinski definition) is 5. The van der Waals surface area contributed by atoms with Crippen molar-refractivity contribution < 1.29 is 18.8 Å². The van der Waals surface area contributed by atoms with Crippen molar-refractivity contribution in [2.45, 2.75) is 65.7 Å². The minimum atomic E-state index is -3.01. The van der Waals surface area contributed by atoms with Crippen molar-refractivity contribution in [1.29, 1.82) is 0 Å². The molecule has 1 aromatic rings. The van der Waals surface area contributed by atoms with E-state index in [1.807, 2.05) is 39.0 Å². The van der Waals surface area contributed by atoms with Gasteiger partial charge in [0.2, 0.25) is 0 Å². The average Bonchev–Trinajstić information content (AvgIpc) is 3.19. The van der Waals surface area contributed by atoms with Crippen LogP contribution >= 0.6 is 7.14 Å². The van der Waals surface area contributed by atoms with Crippen molar-refractivity contribution in [3.63, 3.8) is 0 Å². The molecule has 150 valence electrons. The molecule has 27 heavy (non-hydrogen) atoms. The van der Waals surface area contributed by atoms with Gasteiger partial charge >= 0.3 is 0 Å². The van der Waals surface area contributed by atoms with E-state index in [1.54, 1.807) is 7.11 Å². The first kappa shape index (κ1) is 20.4. The summed E-state index contributed by atoms with van der Waals surface area (Å²) in [4.78, 5) is 4.82. The highest BCUT2D eigenvalue weighted by atomic mass is 31.2. The molecule has 2 aliphatic rings. The zero-order valence-electron chi connectivity index (χ0n) is 17.7. The fourth-order valence-corrected chi connectivity index (χ4v) is 7.80. The largest absolute Gasteiger partial charge is 0.496 e. The van der Waals surface area contributed by atoms with Gasteiger partial charge in [0.05, 0.1) is 24.7 Å². The Hall–Kier alpha value is -1.32. The molecule has 0 saturated carbocycles. The van der Waals surface area contributed by atoms with E-state index in [-0.39, 0.29) is 6.23 Å². The third-order valence-corrected chi connectivity index (χ3v) is 10.2. The summed E-state index contributed by atoms with van der Waals surface area (Å²) < 4.78 is 32.5. The number of methoxy groups -OCH3 is 1. The second-order valence-electron chi connectivity index (χ2n) is 9.35. The van der Waals surface area contributed by atoms with Crippen molar-refractivity contribution in [2.24, 2.45) is 16.3 Å². The highest BCUT2D eigenvalue weighted by Gasteiger charge is 2.60. The fraction of sp³-hybridized carbons (Fsp3) is 0.667. The van der Waals surface area contributed by atoms with Crippen LogP contribution in [0.5, 0.6) is 11.5 Å². The second kappa shape index (κ2) is 6.63. The minimum Gasteiger partial charge on any atom is -0.496 e. The van der Waals surface area contributed by atoms with E-state index in [0.29, 0.717) is 24.0 Å². The summed E-state index contributed by atoms with van der Waals surface area (Å²) >= 11 is 0. The molecule has 5 nitrogen and oxygen atoms in total. The molecule has 0 saturated heterocycles. The van der Waals surface area contributed by atoms with Gasteiger partial charge in [0, 0.05) is 10.6 Å². The molecule has 1 aromatic carbocycles. The first-order chi connectivity index (χ1) is 12.4. The number of fused-ring (bicyclic) bond motifs is 1. The Kier molecular flexibility index (Phi) is 5.01. The molecule has 0 amide bonds. The molecule has 2 heterocycles. The lowest BCUT2D eigenvalue weighted by Crippen LogP contribution is -2.43. The lowest BCUT2D eigenvalue weighted by Gasteiger charge is -2.40. The Bertz CT molecular complexity index is 807. The normalized spacial score (nSPS) is 28.1. The highest BCUT2D eigenvalue weighted by molar-refractivity contribution is 7.74. The molecule has 0 fully saturated rings. The van der Waals surface area contributed by atoms with Crippen LogP contribution in [0.2, 0.25) is 0 Å². The zero-order chi connectivity index (χ0) is 20.2. The Balaban J connectivity index is 2.14. The predicted molar refractivity (Wildman–Crippen MR) is 110 cm³/mol. The van der Waals surface area contributed by atoms with Crippen molar-refractivity contribution in [2.75, 3.05) is 13.7 Å². The number of ether oxygens (including phenoxy) is 3. The molecule has 0 bridgehead atoms. The maximum atomic E-state index is 14.7. The Labute approximate surface area is 162 Å². The van der Waals surface area contributed by atoms with Crippen LogP contribution in [0, 0.1) is 11.3 Å². The summed E-state index contributed by atoms with van der Waals surface area (Å²) in [5.41, 5.74) is 0.388. The number of hydrogen-bond donors (Lipinski definition) is 0. The van der Waals surface area contributed by atoms with Crippen LogP contribution in [0.1, 0.15) is 48.5 Å². The summed E-state index contributed by atoms with van der Waals surface area (Å²) in [6, 6.07) is 5.63. The lowest BCUT2D eigenvalue weighted by molar-refractivity contribution is 0.0714. The molecule has 0 aromatic heterocycles. The van der Waals surface area contributed by atoms with Crippen LogP contribution in [-0.2, 0) is 9.30 Å². The smallest absolute Gasteiger partial charge is 0.167 e. The van der Waals surface area contributed by atoms with Crippen LogP contribution in [0.15, 0.2) is 23.2 Å². The third-order valence-electron chi connectivity index (χ3n) is 5.68. The maximum absolute atomic E-state index is 14.7. The molecule has 3 atom stereocenters. The third kappa shape index (κ3) is 3.03. The van der Waals surface area contributed by atoms with Crippen LogP contribution in [0.25, 0.3) is 0 Å². The monoisotopic (exact) mass is 393 g/mol. The van der Waals surface area contributed by atoms with Crippen LogP contribution in [0.4, 0.5) is 0 Å². The van der Waals surface area contributed by atoms with Crippen LogP contribution < -0.4 is 14.8 Å². The van der Waals surface area contributed by atoms with Crippen LogP contribution in [-0.4, -0.2) is 36.7 Å². The number of benzene rings is 1. The highest BCUT2D eigenvalue weighted by Crippen LogP contribution is 2.70. The molecule has 2 unspecified atom stereocenters. The van der Waals surface area contributed by atoms with E-state index in [1.165, 1.54) is 0 Å². The first-order valence-corrected chi connectivity index (χ1v) is 11.3. The quantitative estimate of drug-likeness (QED) is 0.697. The SMILES string of the molecule is COc1cccc2c1[P@](=O)(C(C)(C)C)C(C(C)(C)C1=NC(C(C)C)OC1)O2. The number of rotatable bonds is 4. The molecular weight excluding hydrogens is 361 g/mol. The van der Waals surface area contributed by atoms with E-state index in [2.05, 4.69) is 27.7 Å². The van der Waals surface area contributed by atoms with Gasteiger partial charge in [0.25, 0.3) is 0 Å². The van der Waals surface area contributed by atoms with Gasteiger partial charge in [0.15, 0.2) is 19.2 Å². The molecule has 3 rings (SSSR count). The van der Waals surface area contributed by atoms with E-state index < -0.39 is 23.6 Å². The van der Waals surface area contributed by atoms with Gasteiger partial charge in [-0.1, -0.05) is 54.5 Å². The van der Waals surface area contributed by atoms with Gasteiger partial charge in [-0.2, -0.15) is 0 Å². The summed E-state index contributed by atoms with van der Waals surface area (Å²) in [7, 11) is -1.39.